The number of aliphatic hydroxyl groups is 2. The highest BCUT2D eigenvalue weighted by atomic mass is 32.2. The second kappa shape index (κ2) is 14.7. The minimum atomic E-state index is -4.57. The van der Waals surface area contributed by atoms with Crippen LogP contribution in [0.25, 0.3) is 5.57 Å². The van der Waals surface area contributed by atoms with Crippen LogP contribution in [-0.2, 0) is 36.2 Å². The number of aliphatic hydroxyl groups excluding tert-OH is 2. The van der Waals surface area contributed by atoms with Crippen molar-refractivity contribution in [1.29, 1.82) is 0 Å². The Morgan fingerprint density at radius 2 is 1.11 bits per heavy atom. The third-order valence-corrected chi connectivity index (χ3v) is 9.79. The zero-order valence-electron chi connectivity index (χ0n) is 27.4. The molecule has 0 radical (unpaired) electrons. The molecule has 0 amide bonds. The van der Waals surface area contributed by atoms with Crippen molar-refractivity contribution in [2.45, 2.75) is 65.6 Å². The van der Waals surface area contributed by atoms with Gasteiger partial charge >= 0.3 is 10.1 Å². The Morgan fingerprint density at radius 1 is 0.638 bits per heavy atom. The van der Waals surface area contributed by atoms with Crippen LogP contribution in [0.5, 0.6) is 0 Å². The summed E-state index contributed by atoms with van der Waals surface area (Å²) in [5.41, 5.74) is 10.6. The maximum absolute atomic E-state index is 12.6. The zero-order valence-corrected chi connectivity index (χ0v) is 28.3. The Bertz CT molecular complexity index is 1840. The standard InChI is InChI=1S/C41H42O5S/c1-27(2)37-13-7-5-11-31(37)21-29-17-19-33(23-35(29)25-42)41(39-15-9-10-16-40(39)47(44,45)46)34-20-18-30(36(24-34)26-43)22-32-12-6-8-14-38(32)28(3)4/h5-20,23-24,27-28,42-43H,21-22,25-26H2,1-4H3/p+1. The second-order valence-electron chi connectivity index (χ2n) is 12.7. The van der Waals surface area contributed by atoms with Gasteiger partial charge in [0.25, 0.3) is 0 Å². The van der Waals surface area contributed by atoms with Crippen LogP contribution < -0.4 is 0 Å². The molecule has 0 spiro atoms. The predicted molar refractivity (Wildman–Crippen MR) is 190 cm³/mol. The van der Waals surface area contributed by atoms with Crippen LogP contribution in [0.4, 0.5) is 0 Å². The monoisotopic (exact) mass is 647 g/mol. The largest absolute Gasteiger partial charge is 0.392 e. The van der Waals surface area contributed by atoms with Gasteiger partial charge in [0, 0.05) is 35.4 Å². The highest BCUT2D eigenvalue weighted by Gasteiger charge is 2.36. The molecule has 242 valence electrons. The molecule has 0 heterocycles. The van der Waals surface area contributed by atoms with Crippen molar-refractivity contribution in [1.82, 2.24) is 0 Å². The first-order valence-electron chi connectivity index (χ1n) is 16.1. The molecule has 0 aliphatic heterocycles. The molecule has 0 aromatic heterocycles. The molecule has 47 heavy (non-hydrogen) atoms. The Morgan fingerprint density at radius 3 is 1.53 bits per heavy atom. The van der Waals surface area contributed by atoms with E-state index in [1.165, 1.54) is 28.3 Å². The Balaban J connectivity index is 1.65. The maximum atomic E-state index is 12.6. The van der Waals surface area contributed by atoms with E-state index < -0.39 is 10.1 Å². The molecule has 0 saturated heterocycles. The summed E-state index contributed by atoms with van der Waals surface area (Å²) in [4.78, 5) is 0. The Labute approximate surface area is 279 Å². The number of hydrogen-bond donors (Lipinski definition) is 3. The van der Waals surface area contributed by atoms with Crippen LogP contribution in [0.3, 0.4) is 0 Å². The molecule has 0 unspecified atom stereocenters. The summed E-state index contributed by atoms with van der Waals surface area (Å²) in [5, 5.41) is 20.9. The highest BCUT2D eigenvalue weighted by molar-refractivity contribution is 7.89. The second-order valence-corrected chi connectivity index (χ2v) is 14.1. The lowest BCUT2D eigenvalue weighted by atomic mass is 9.85. The first-order valence-corrected chi connectivity index (χ1v) is 17.5. The lowest BCUT2D eigenvalue weighted by Gasteiger charge is -2.18. The highest BCUT2D eigenvalue weighted by Crippen LogP contribution is 2.39. The zero-order chi connectivity index (χ0) is 33.7. The third-order valence-electron chi connectivity index (χ3n) is 8.88. The summed E-state index contributed by atoms with van der Waals surface area (Å²) in [6.07, 6.45) is 7.66. The summed E-state index contributed by atoms with van der Waals surface area (Å²) in [7, 11) is -4.57. The maximum Gasteiger partial charge on any atom is 0.331 e. The number of rotatable bonds is 11. The van der Waals surface area contributed by atoms with Crippen molar-refractivity contribution < 1.29 is 23.2 Å². The van der Waals surface area contributed by atoms with E-state index in [0.717, 1.165) is 22.3 Å². The van der Waals surface area contributed by atoms with Gasteiger partial charge in [0.05, 0.1) is 18.8 Å². The van der Waals surface area contributed by atoms with Gasteiger partial charge in [-0.2, -0.15) is 8.42 Å². The molecule has 4 aromatic rings. The van der Waals surface area contributed by atoms with E-state index in [1.807, 2.05) is 60.7 Å². The quantitative estimate of drug-likeness (QED) is 0.112. The van der Waals surface area contributed by atoms with Gasteiger partial charge in [0.2, 0.25) is 0 Å². The van der Waals surface area contributed by atoms with Crippen LogP contribution in [0.15, 0.2) is 115 Å². The van der Waals surface area contributed by atoms with E-state index in [9.17, 15) is 23.2 Å². The first-order chi connectivity index (χ1) is 22.5. The van der Waals surface area contributed by atoms with Gasteiger partial charge in [-0.05, 0) is 93.5 Å². The molecule has 6 heteroatoms. The molecular weight excluding hydrogens is 605 g/mol. The van der Waals surface area contributed by atoms with Crippen LogP contribution in [0.1, 0.15) is 95.2 Å². The van der Waals surface area contributed by atoms with Crippen LogP contribution in [0, 0.1) is 5.25 Å². The van der Waals surface area contributed by atoms with Crippen LogP contribution in [0.2, 0.25) is 0 Å². The van der Waals surface area contributed by atoms with Gasteiger partial charge in [-0.15, -0.1) is 0 Å². The molecule has 0 bridgehead atoms. The molecule has 4 aromatic carbocycles. The lowest BCUT2D eigenvalue weighted by molar-refractivity contribution is 0.280. The van der Waals surface area contributed by atoms with E-state index in [0.29, 0.717) is 47.0 Å². The van der Waals surface area contributed by atoms with Crippen molar-refractivity contribution in [3.8, 4) is 0 Å². The van der Waals surface area contributed by atoms with E-state index in [1.54, 1.807) is 18.2 Å². The molecule has 3 N–H and O–H groups in total. The topological polar surface area (TPSA) is 94.8 Å². The normalized spacial score (nSPS) is 13.2. The summed E-state index contributed by atoms with van der Waals surface area (Å²) in [5.74, 6) is 0.699. The Kier molecular flexibility index (Phi) is 10.7. The number of allylic oxidation sites excluding steroid dienone is 3. The van der Waals surface area contributed by atoms with Crippen molar-refractivity contribution in [3.63, 3.8) is 0 Å². The lowest BCUT2D eigenvalue weighted by Crippen LogP contribution is -2.15. The van der Waals surface area contributed by atoms with E-state index in [4.69, 9.17) is 0 Å². The minimum Gasteiger partial charge on any atom is -0.392 e. The molecule has 5 nitrogen and oxygen atoms in total. The molecule has 1 aliphatic carbocycles. The summed E-state index contributed by atoms with van der Waals surface area (Å²) in [6.45, 7) is 8.26. The summed E-state index contributed by atoms with van der Waals surface area (Å²) in [6, 6.07) is 28.3. The molecule has 5 rings (SSSR count). The molecule has 1 aliphatic rings. The Hall–Kier alpha value is -4.20. The summed E-state index contributed by atoms with van der Waals surface area (Å²) >= 11 is 0. The van der Waals surface area contributed by atoms with Crippen molar-refractivity contribution in [3.05, 3.63) is 176 Å². The van der Waals surface area contributed by atoms with Gasteiger partial charge in [-0.3, -0.25) is 4.55 Å². The van der Waals surface area contributed by atoms with Gasteiger partial charge in [-0.1, -0.05) is 88.4 Å². The number of benzene rings is 4. The van der Waals surface area contributed by atoms with Crippen molar-refractivity contribution in [2.75, 3.05) is 0 Å². The smallest absolute Gasteiger partial charge is 0.331 e. The van der Waals surface area contributed by atoms with Crippen LogP contribution >= 0.6 is 0 Å². The third kappa shape index (κ3) is 7.69. The molecular formula is C41H43O5S+. The van der Waals surface area contributed by atoms with Crippen molar-refractivity contribution in [2.24, 2.45) is 0 Å². The van der Waals surface area contributed by atoms with E-state index in [-0.39, 0.29) is 18.5 Å². The van der Waals surface area contributed by atoms with E-state index >= 15 is 0 Å². The average molecular weight is 648 g/mol. The predicted octanol–water partition coefficient (Wildman–Crippen LogP) is 8.45. The fraction of sp³-hybridized carbons (Fsp3) is 0.244. The molecule has 0 fully saturated rings. The SMILES string of the molecule is CC(C)c1ccccc1Cc1ccc(C(=C2C=CC=C[C+]2S(=O)(=O)O)c2ccc(Cc3ccccc3C(C)C)c(CO)c2)cc1CO. The first kappa shape index (κ1) is 34.1. The van der Waals surface area contributed by atoms with Crippen LogP contribution in [-0.4, -0.2) is 23.2 Å². The van der Waals surface area contributed by atoms with Gasteiger partial charge < -0.3 is 10.2 Å². The fourth-order valence-corrected chi connectivity index (χ4v) is 7.20. The van der Waals surface area contributed by atoms with Gasteiger partial charge in [-0.25, -0.2) is 0 Å². The molecule has 0 atom stereocenters. The van der Waals surface area contributed by atoms with Gasteiger partial charge in [0.15, 0.2) is 5.25 Å². The number of hydrogen-bond acceptors (Lipinski definition) is 4. The van der Waals surface area contributed by atoms with Gasteiger partial charge in [0.1, 0.15) is 5.57 Å². The average Bonchev–Trinajstić information content (AvgIpc) is 3.06. The van der Waals surface area contributed by atoms with E-state index in [2.05, 4.69) is 52.0 Å². The van der Waals surface area contributed by atoms with Crippen molar-refractivity contribution >= 4 is 15.7 Å². The molecule has 0 saturated carbocycles. The summed E-state index contributed by atoms with van der Waals surface area (Å²) < 4.78 is 35.5. The minimum absolute atomic E-state index is 0.198. The fourth-order valence-electron chi connectivity index (χ4n) is 6.51.